The lowest BCUT2D eigenvalue weighted by Crippen LogP contribution is -2.27. The van der Waals surface area contributed by atoms with Gasteiger partial charge in [-0.3, -0.25) is 0 Å². The minimum atomic E-state index is 0.207. The van der Waals surface area contributed by atoms with E-state index in [1.165, 1.54) is 0 Å². The van der Waals surface area contributed by atoms with Crippen molar-refractivity contribution >= 4 is 5.82 Å². The van der Waals surface area contributed by atoms with E-state index in [2.05, 4.69) is 16.0 Å². The number of hydrogen-bond donors (Lipinski definition) is 1. The number of aryl methyl sites for hydroxylation is 1. The fraction of sp³-hybridized carbons (Fsp3) is 0.455. The maximum atomic E-state index is 8.99. The number of rotatable bonds is 1. The van der Waals surface area contributed by atoms with Gasteiger partial charge in [-0.1, -0.05) is 0 Å². The zero-order valence-corrected chi connectivity index (χ0v) is 8.77. The first-order valence-corrected chi connectivity index (χ1v) is 5.09. The summed E-state index contributed by atoms with van der Waals surface area (Å²) >= 11 is 0. The number of nitrogens with two attached hydrogens (primary N) is 1. The molecule has 1 aromatic heterocycles. The molecule has 0 aromatic carbocycles. The third-order valence-corrected chi connectivity index (χ3v) is 2.66. The van der Waals surface area contributed by atoms with Crippen LogP contribution in [0.5, 0.6) is 0 Å². The van der Waals surface area contributed by atoms with Crippen LogP contribution in [-0.2, 0) is 0 Å². The summed E-state index contributed by atoms with van der Waals surface area (Å²) < 4.78 is 0. The van der Waals surface area contributed by atoms with Crippen LogP contribution in [0.3, 0.4) is 0 Å². The summed E-state index contributed by atoms with van der Waals surface area (Å²) in [7, 11) is 0. The second-order valence-electron chi connectivity index (χ2n) is 3.93. The SMILES string of the molecule is Cc1ccc(C#N)c(N2CCC(N)C2)n1. The van der Waals surface area contributed by atoms with Gasteiger partial charge in [-0.2, -0.15) is 5.26 Å². The molecule has 1 aliphatic heterocycles. The largest absolute Gasteiger partial charge is 0.354 e. The van der Waals surface area contributed by atoms with Crippen molar-refractivity contribution in [2.45, 2.75) is 19.4 Å². The van der Waals surface area contributed by atoms with Gasteiger partial charge in [0.25, 0.3) is 0 Å². The number of nitriles is 1. The topological polar surface area (TPSA) is 65.9 Å². The molecule has 1 fully saturated rings. The second kappa shape index (κ2) is 3.87. The molecule has 0 amide bonds. The summed E-state index contributed by atoms with van der Waals surface area (Å²) in [4.78, 5) is 6.50. The van der Waals surface area contributed by atoms with Crippen LogP contribution in [-0.4, -0.2) is 24.1 Å². The first-order chi connectivity index (χ1) is 7.20. The minimum Gasteiger partial charge on any atom is -0.354 e. The number of pyridine rings is 1. The Hall–Kier alpha value is -1.60. The monoisotopic (exact) mass is 202 g/mol. The van der Waals surface area contributed by atoms with Crippen molar-refractivity contribution in [3.63, 3.8) is 0 Å². The first kappa shape index (κ1) is 9.94. The van der Waals surface area contributed by atoms with Gasteiger partial charge in [-0.15, -0.1) is 0 Å². The number of anilines is 1. The maximum Gasteiger partial charge on any atom is 0.146 e. The average molecular weight is 202 g/mol. The van der Waals surface area contributed by atoms with Crippen LogP contribution in [0.2, 0.25) is 0 Å². The zero-order chi connectivity index (χ0) is 10.8. The summed E-state index contributed by atoms with van der Waals surface area (Å²) in [5.74, 6) is 0.783. The van der Waals surface area contributed by atoms with Crippen molar-refractivity contribution in [2.24, 2.45) is 5.73 Å². The van der Waals surface area contributed by atoms with E-state index in [-0.39, 0.29) is 6.04 Å². The fourth-order valence-electron chi connectivity index (χ4n) is 1.85. The highest BCUT2D eigenvalue weighted by Gasteiger charge is 2.22. The van der Waals surface area contributed by atoms with Crippen LogP contribution in [0, 0.1) is 18.3 Å². The fourth-order valence-corrected chi connectivity index (χ4v) is 1.85. The van der Waals surface area contributed by atoms with Crippen molar-refractivity contribution in [1.82, 2.24) is 4.98 Å². The van der Waals surface area contributed by atoms with Gasteiger partial charge in [0.05, 0.1) is 5.56 Å². The molecule has 1 aliphatic rings. The molecule has 1 saturated heterocycles. The molecule has 0 radical (unpaired) electrons. The summed E-state index contributed by atoms with van der Waals surface area (Å²) in [5.41, 5.74) is 7.41. The lowest BCUT2D eigenvalue weighted by molar-refractivity contribution is 0.751. The van der Waals surface area contributed by atoms with Crippen molar-refractivity contribution in [1.29, 1.82) is 5.26 Å². The lowest BCUT2D eigenvalue weighted by Gasteiger charge is -2.18. The summed E-state index contributed by atoms with van der Waals surface area (Å²) in [5, 5.41) is 8.99. The van der Waals surface area contributed by atoms with E-state index >= 15 is 0 Å². The molecule has 4 heteroatoms. The quantitative estimate of drug-likeness (QED) is 0.731. The van der Waals surface area contributed by atoms with E-state index in [9.17, 15) is 0 Å². The van der Waals surface area contributed by atoms with E-state index in [0.29, 0.717) is 5.56 Å². The van der Waals surface area contributed by atoms with Gasteiger partial charge in [-0.25, -0.2) is 4.98 Å². The highest BCUT2D eigenvalue weighted by atomic mass is 15.2. The van der Waals surface area contributed by atoms with Crippen molar-refractivity contribution in [3.05, 3.63) is 23.4 Å². The lowest BCUT2D eigenvalue weighted by atomic mass is 10.2. The van der Waals surface area contributed by atoms with Crippen molar-refractivity contribution in [3.8, 4) is 6.07 Å². The molecule has 1 atom stereocenters. The maximum absolute atomic E-state index is 8.99. The smallest absolute Gasteiger partial charge is 0.146 e. The third-order valence-electron chi connectivity index (χ3n) is 2.66. The molecule has 2 N–H and O–H groups in total. The van der Waals surface area contributed by atoms with Crippen LogP contribution in [0.1, 0.15) is 17.7 Å². The van der Waals surface area contributed by atoms with Crippen molar-refractivity contribution in [2.75, 3.05) is 18.0 Å². The van der Waals surface area contributed by atoms with E-state index in [1.807, 2.05) is 19.1 Å². The Morgan fingerprint density at radius 2 is 2.40 bits per heavy atom. The highest BCUT2D eigenvalue weighted by Crippen LogP contribution is 2.21. The normalized spacial score (nSPS) is 20.3. The van der Waals surface area contributed by atoms with Gasteiger partial charge >= 0.3 is 0 Å². The van der Waals surface area contributed by atoms with Crippen LogP contribution in [0.25, 0.3) is 0 Å². The molecular formula is C11H14N4. The molecule has 2 rings (SSSR count). The second-order valence-corrected chi connectivity index (χ2v) is 3.93. The molecule has 1 unspecified atom stereocenters. The number of hydrogen-bond acceptors (Lipinski definition) is 4. The predicted molar refractivity (Wildman–Crippen MR) is 58.5 cm³/mol. The van der Waals surface area contributed by atoms with Crippen molar-refractivity contribution < 1.29 is 0 Å². The average Bonchev–Trinajstić information content (AvgIpc) is 2.65. The summed E-state index contributed by atoms with van der Waals surface area (Å²) in [6.07, 6.45) is 0.973. The Kier molecular flexibility index (Phi) is 2.57. The molecule has 0 saturated carbocycles. The Morgan fingerprint density at radius 1 is 1.60 bits per heavy atom. The third kappa shape index (κ3) is 1.92. The molecule has 0 bridgehead atoms. The number of aromatic nitrogens is 1. The van der Waals surface area contributed by atoms with Crippen LogP contribution in [0.15, 0.2) is 12.1 Å². The molecule has 0 aliphatic carbocycles. The molecule has 4 nitrogen and oxygen atoms in total. The van der Waals surface area contributed by atoms with E-state index in [1.54, 1.807) is 0 Å². The standard InChI is InChI=1S/C11H14N4/c1-8-2-3-9(6-12)11(14-8)15-5-4-10(13)7-15/h2-3,10H,4-5,7,13H2,1H3. The Bertz CT molecular complexity index is 408. The predicted octanol–water partition coefficient (Wildman–Crippen LogP) is 0.799. The highest BCUT2D eigenvalue weighted by molar-refractivity contribution is 5.55. The molecule has 0 spiro atoms. The Balaban J connectivity index is 2.34. The van der Waals surface area contributed by atoms with Gasteiger partial charge < -0.3 is 10.6 Å². The minimum absolute atomic E-state index is 0.207. The van der Waals surface area contributed by atoms with Crippen LogP contribution < -0.4 is 10.6 Å². The summed E-state index contributed by atoms with van der Waals surface area (Å²) in [6.45, 7) is 3.62. The van der Waals surface area contributed by atoms with Gasteiger partial charge in [-0.05, 0) is 25.5 Å². The molecule has 2 heterocycles. The molecular weight excluding hydrogens is 188 g/mol. The molecule has 15 heavy (non-hydrogen) atoms. The Labute approximate surface area is 89.3 Å². The van der Waals surface area contributed by atoms with Gasteiger partial charge in [0, 0.05) is 24.8 Å². The zero-order valence-electron chi connectivity index (χ0n) is 8.77. The Morgan fingerprint density at radius 3 is 3.00 bits per heavy atom. The van der Waals surface area contributed by atoms with Gasteiger partial charge in [0.2, 0.25) is 0 Å². The number of nitrogens with zero attached hydrogens (tertiary/aromatic N) is 3. The van der Waals surface area contributed by atoms with E-state index < -0.39 is 0 Å². The van der Waals surface area contributed by atoms with Crippen LogP contribution in [0.4, 0.5) is 5.82 Å². The van der Waals surface area contributed by atoms with Crippen LogP contribution >= 0.6 is 0 Å². The van der Waals surface area contributed by atoms with Gasteiger partial charge in [0.1, 0.15) is 11.9 Å². The first-order valence-electron chi connectivity index (χ1n) is 5.09. The van der Waals surface area contributed by atoms with E-state index in [0.717, 1.165) is 31.0 Å². The van der Waals surface area contributed by atoms with E-state index in [4.69, 9.17) is 11.0 Å². The van der Waals surface area contributed by atoms with Gasteiger partial charge in [0.15, 0.2) is 0 Å². The molecule has 78 valence electrons. The molecule has 1 aromatic rings. The summed E-state index contributed by atoms with van der Waals surface area (Å²) in [6, 6.07) is 6.06.